The molecule has 5 nitrogen and oxygen atoms in total. The van der Waals surface area contributed by atoms with Gasteiger partial charge in [0.05, 0.1) is 23.6 Å². The molecule has 1 aliphatic heterocycles. The van der Waals surface area contributed by atoms with Gasteiger partial charge in [-0.1, -0.05) is 41.9 Å². The Morgan fingerprint density at radius 2 is 1.93 bits per heavy atom. The third-order valence-corrected chi connectivity index (χ3v) is 4.74. The largest absolute Gasteiger partial charge is 0.417 e. The summed E-state index contributed by atoms with van der Waals surface area (Å²) in [6.07, 6.45) is -5.92. The Bertz CT molecular complexity index is 890. The zero-order chi connectivity index (χ0) is 21.0. The molecule has 1 atom stereocenters. The van der Waals surface area contributed by atoms with Gasteiger partial charge in [-0.3, -0.25) is 9.59 Å². The smallest absolute Gasteiger partial charge is 0.366 e. The SMILES string of the molecule is O=C(CC1OCCN(Cc2ccccc2)C1=O)Nc1ccc(Cl)c(C(F)(F)F)c1. The quantitative estimate of drug-likeness (QED) is 0.782. The van der Waals surface area contributed by atoms with E-state index in [4.69, 9.17) is 16.3 Å². The first-order valence-electron chi connectivity index (χ1n) is 8.85. The molecule has 154 valence electrons. The highest BCUT2D eigenvalue weighted by Crippen LogP contribution is 2.36. The minimum absolute atomic E-state index is 0.0591. The van der Waals surface area contributed by atoms with Gasteiger partial charge >= 0.3 is 6.18 Å². The van der Waals surface area contributed by atoms with E-state index in [0.717, 1.165) is 17.7 Å². The highest BCUT2D eigenvalue weighted by Gasteiger charge is 2.34. The van der Waals surface area contributed by atoms with E-state index >= 15 is 0 Å². The minimum atomic E-state index is -4.64. The number of hydrogen-bond acceptors (Lipinski definition) is 3. The Morgan fingerprint density at radius 1 is 1.21 bits per heavy atom. The maximum absolute atomic E-state index is 12.9. The first kappa shape index (κ1) is 21.1. The number of carbonyl (C=O) groups is 2. The summed E-state index contributed by atoms with van der Waals surface area (Å²) in [6.45, 7) is 1.07. The molecule has 1 heterocycles. The summed E-state index contributed by atoms with van der Waals surface area (Å²) < 4.78 is 44.2. The maximum Gasteiger partial charge on any atom is 0.417 e. The van der Waals surface area contributed by atoms with Crippen molar-refractivity contribution in [3.05, 3.63) is 64.7 Å². The van der Waals surface area contributed by atoms with Gasteiger partial charge in [-0.25, -0.2) is 0 Å². The van der Waals surface area contributed by atoms with E-state index in [2.05, 4.69) is 5.32 Å². The summed E-state index contributed by atoms with van der Waals surface area (Å²) in [5.74, 6) is -0.956. The summed E-state index contributed by atoms with van der Waals surface area (Å²) in [5, 5.41) is 1.91. The number of benzene rings is 2. The van der Waals surface area contributed by atoms with Crippen LogP contribution in [0.25, 0.3) is 0 Å². The number of ether oxygens (including phenoxy) is 1. The molecule has 0 aromatic heterocycles. The number of carbonyl (C=O) groups excluding carboxylic acids is 2. The lowest BCUT2D eigenvalue weighted by Gasteiger charge is -2.32. The van der Waals surface area contributed by atoms with Crippen LogP contribution in [0.4, 0.5) is 18.9 Å². The lowest BCUT2D eigenvalue weighted by Crippen LogP contribution is -2.48. The van der Waals surface area contributed by atoms with Crippen molar-refractivity contribution >= 4 is 29.1 Å². The molecule has 1 unspecified atom stereocenters. The van der Waals surface area contributed by atoms with Crippen molar-refractivity contribution < 1.29 is 27.5 Å². The van der Waals surface area contributed by atoms with Crippen LogP contribution >= 0.6 is 11.6 Å². The standard InChI is InChI=1S/C20H18ClF3N2O3/c21-16-7-6-14(10-15(16)20(22,23)24)25-18(27)11-17-19(28)26(8-9-29-17)12-13-4-2-1-3-5-13/h1-7,10,17H,8-9,11-12H2,(H,25,27). The highest BCUT2D eigenvalue weighted by atomic mass is 35.5. The third-order valence-electron chi connectivity index (χ3n) is 4.41. The van der Waals surface area contributed by atoms with Gasteiger partial charge in [-0.15, -0.1) is 0 Å². The van der Waals surface area contributed by atoms with Crippen LogP contribution in [-0.4, -0.2) is 36.0 Å². The molecular weight excluding hydrogens is 409 g/mol. The molecule has 0 spiro atoms. The van der Waals surface area contributed by atoms with Gasteiger partial charge in [0, 0.05) is 18.8 Å². The molecule has 3 rings (SSSR count). The van der Waals surface area contributed by atoms with Crippen LogP contribution in [0.5, 0.6) is 0 Å². The number of anilines is 1. The number of halogens is 4. The molecule has 1 saturated heterocycles. The van der Waals surface area contributed by atoms with Crippen molar-refractivity contribution in [2.45, 2.75) is 25.2 Å². The molecule has 0 bridgehead atoms. The van der Waals surface area contributed by atoms with Crippen molar-refractivity contribution in [1.29, 1.82) is 0 Å². The molecule has 29 heavy (non-hydrogen) atoms. The monoisotopic (exact) mass is 426 g/mol. The minimum Gasteiger partial charge on any atom is -0.366 e. The molecule has 9 heteroatoms. The fourth-order valence-corrected chi connectivity index (χ4v) is 3.22. The number of nitrogens with zero attached hydrogens (tertiary/aromatic N) is 1. The number of alkyl halides is 3. The normalized spacial score (nSPS) is 17.3. The number of nitrogens with one attached hydrogen (secondary N) is 1. The van der Waals surface area contributed by atoms with E-state index in [9.17, 15) is 22.8 Å². The van der Waals surface area contributed by atoms with E-state index in [-0.39, 0.29) is 24.6 Å². The zero-order valence-corrected chi connectivity index (χ0v) is 16.0. The van der Waals surface area contributed by atoms with Gasteiger partial charge in [-0.2, -0.15) is 13.2 Å². The number of rotatable bonds is 5. The number of hydrogen-bond donors (Lipinski definition) is 1. The Hall–Kier alpha value is -2.58. The predicted octanol–water partition coefficient (Wildman–Crippen LogP) is 4.12. The molecule has 2 aromatic rings. The summed E-state index contributed by atoms with van der Waals surface area (Å²) in [6, 6.07) is 12.5. The molecule has 0 aliphatic carbocycles. The summed E-state index contributed by atoms with van der Waals surface area (Å²) in [5.41, 5.74) is -0.154. The number of amides is 2. The summed E-state index contributed by atoms with van der Waals surface area (Å²) >= 11 is 5.57. The van der Waals surface area contributed by atoms with Gasteiger partial charge in [0.2, 0.25) is 5.91 Å². The van der Waals surface area contributed by atoms with Crippen molar-refractivity contribution in [2.24, 2.45) is 0 Å². The number of morpholine rings is 1. The van der Waals surface area contributed by atoms with E-state index < -0.39 is 28.8 Å². The second kappa shape index (κ2) is 8.84. The second-order valence-electron chi connectivity index (χ2n) is 6.55. The van der Waals surface area contributed by atoms with Crippen LogP contribution in [0, 0.1) is 0 Å². The molecule has 0 radical (unpaired) electrons. The fraction of sp³-hybridized carbons (Fsp3) is 0.300. The van der Waals surface area contributed by atoms with Crippen LogP contribution in [0.2, 0.25) is 5.02 Å². The molecule has 0 saturated carbocycles. The van der Waals surface area contributed by atoms with Crippen LogP contribution < -0.4 is 5.32 Å². The van der Waals surface area contributed by atoms with E-state index in [1.54, 1.807) is 4.90 Å². The Kier molecular flexibility index (Phi) is 6.44. The van der Waals surface area contributed by atoms with E-state index in [1.807, 2.05) is 30.3 Å². The van der Waals surface area contributed by atoms with Gasteiger partial charge in [0.25, 0.3) is 5.91 Å². The Balaban J connectivity index is 1.62. The molecule has 1 N–H and O–H groups in total. The van der Waals surface area contributed by atoms with Crippen molar-refractivity contribution in [2.75, 3.05) is 18.5 Å². The van der Waals surface area contributed by atoms with Gasteiger partial charge in [0.1, 0.15) is 6.10 Å². The van der Waals surface area contributed by atoms with E-state index in [1.165, 1.54) is 6.07 Å². The molecule has 2 aromatic carbocycles. The first-order chi connectivity index (χ1) is 13.7. The van der Waals surface area contributed by atoms with Gasteiger partial charge in [0.15, 0.2) is 0 Å². The lowest BCUT2D eigenvalue weighted by atomic mass is 10.1. The van der Waals surface area contributed by atoms with Crippen molar-refractivity contribution in [3.8, 4) is 0 Å². The zero-order valence-electron chi connectivity index (χ0n) is 15.2. The topological polar surface area (TPSA) is 58.6 Å². The van der Waals surface area contributed by atoms with E-state index in [0.29, 0.717) is 13.1 Å². The Morgan fingerprint density at radius 3 is 2.62 bits per heavy atom. The van der Waals surface area contributed by atoms with Crippen LogP contribution in [0.3, 0.4) is 0 Å². The Labute approximate surface area is 170 Å². The molecular formula is C20H18ClF3N2O3. The van der Waals surface area contributed by atoms with Crippen LogP contribution in [-0.2, 0) is 27.0 Å². The van der Waals surface area contributed by atoms with Gasteiger partial charge < -0.3 is 15.0 Å². The van der Waals surface area contributed by atoms with Crippen LogP contribution in [0.15, 0.2) is 48.5 Å². The lowest BCUT2D eigenvalue weighted by molar-refractivity contribution is -0.155. The molecule has 1 aliphatic rings. The average molecular weight is 427 g/mol. The molecule has 2 amide bonds. The summed E-state index contributed by atoms with van der Waals surface area (Å²) in [4.78, 5) is 26.5. The average Bonchev–Trinajstić information content (AvgIpc) is 2.66. The highest BCUT2D eigenvalue weighted by molar-refractivity contribution is 6.31. The third kappa shape index (κ3) is 5.48. The predicted molar refractivity (Wildman–Crippen MR) is 101 cm³/mol. The van der Waals surface area contributed by atoms with Crippen molar-refractivity contribution in [1.82, 2.24) is 4.90 Å². The van der Waals surface area contributed by atoms with Crippen molar-refractivity contribution in [3.63, 3.8) is 0 Å². The second-order valence-corrected chi connectivity index (χ2v) is 6.96. The summed E-state index contributed by atoms with van der Waals surface area (Å²) in [7, 11) is 0. The van der Waals surface area contributed by atoms with Gasteiger partial charge in [-0.05, 0) is 23.8 Å². The first-order valence-corrected chi connectivity index (χ1v) is 9.23. The molecule has 1 fully saturated rings. The van der Waals surface area contributed by atoms with Crippen LogP contribution in [0.1, 0.15) is 17.5 Å². The maximum atomic E-state index is 12.9. The fourth-order valence-electron chi connectivity index (χ4n) is 3.00.